The lowest BCUT2D eigenvalue weighted by atomic mass is 10.1. The summed E-state index contributed by atoms with van der Waals surface area (Å²) < 4.78 is 10.6. The predicted molar refractivity (Wildman–Crippen MR) is 83.6 cm³/mol. The first kappa shape index (κ1) is 18.6. The normalized spacial score (nSPS) is 11.3. The lowest BCUT2D eigenvalue weighted by Gasteiger charge is -2.09. The fourth-order valence-corrected chi connectivity index (χ4v) is 1.86. The standard InChI is InChI=1S/C14H16N4O4.ClH/c1-21-13(19)11(15)7-9-3-5-10(6-4-9)18-8-12(16-17-18)14(20)22-2;/h3-6,8,11H,7,15H2,1-2H3;1H. The molecular weight excluding hydrogens is 324 g/mol. The molecule has 0 aliphatic rings. The molecule has 23 heavy (non-hydrogen) atoms. The van der Waals surface area contributed by atoms with E-state index < -0.39 is 18.0 Å². The molecule has 0 fully saturated rings. The van der Waals surface area contributed by atoms with E-state index in [2.05, 4.69) is 19.8 Å². The molecule has 0 spiro atoms. The largest absolute Gasteiger partial charge is 0.468 e. The Morgan fingerprint density at radius 3 is 2.43 bits per heavy atom. The van der Waals surface area contributed by atoms with E-state index in [4.69, 9.17) is 5.73 Å². The summed E-state index contributed by atoms with van der Waals surface area (Å²) in [5.41, 5.74) is 7.44. The predicted octanol–water partition coefficient (Wildman–Crippen LogP) is 0.518. The van der Waals surface area contributed by atoms with Crippen LogP contribution >= 0.6 is 12.4 Å². The number of halogens is 1. The van der Waals surface area contributed by atoms with Crippen LogP contribution < -0.4 is 5.73 Å². The third-order valence-corrected chi connectivity index (χ3v) is 3.05. The number of hydrogen-bond donors (Lipinski definition) is 1. The second kappa shape index (κ2) is 8.25. The van der Waals surface area contributed by atoms with Gasteiger partial charge in [-0.05, 0) is 24.1 Å². The molecular formula is C14H17ClN4O4. The van der Waals surface area contributed by atoms with Crippen LogP contribution in [0.3, 0.4) is 0 Å². The highest BCUT2D eigenvalue weighted by Crippen LogP contribution is 2.11. The Morgan fingerprint density at radius 2 is 1.87 bits per heavy atom. The quantitative estimate of drug-likeness (QED) is 0.790. The number of rotatable bonds is 5. The van der Waals surface area contributed by atoms with E-state index in [1.807, 2.05) is 12.1 Å². The average molecular weight is 341 g/mol. The number of esters is 2. The van der Waals surface area contributed by atoms with Gasteiger partial charge in [0.05, 0.1) is 26.1 Å². The van der Waals surface area contributed by atoms with E-state index in [1.54, 1.807) is 12.1 Å². The SMILES string of the molecule is COC(=O)c1cn(-c2ccc(CC(N)C(=O)OC)cc2)nn1.Cl. The van der Waals surface area contributed by atoms with Crippen LogP contribution in [0, 0.1) is 0 Å². The minimum absolute atomic E-state index is 0. The molecule has 2 rings (SSSR count). The number of aromatic nitrogens is 3. The van der Waals surface area contributed by atoms with Gasteiger partial charge in [0.2, 0.25) is 0 Å². The van der Waals surface area contributed by atoms with Crippen molar-refractivity contribution < 1.29 is 19.1 Å². The number of nitrogens with two attached hydrogens (primary N) is 1. The zero-order valence-electron chi connectivity index (χ0n) is 12.6. The maximum absolute atomic E-state index is 11.3. The Morgan fingerprint density at radius 1 is 1.22 bits per heavy atom. The number of benzene rings is 1. The van der Waals surface area contributed by atoms with Crippen molar-refractivity contribution in [2.24, 2.45) is 5.73 Å². The number of carbonyl (C=O) groups is 2. The van der Waals surface area contributed by atoms with Crippen LogP contribution in [0.2, 0.25) is 0 Å². The molecule has 1 heterocycles. The fraction of sp³-hybridized carbons (Fsp3) is 0.286. The minimum atomic E-state index is -0.701. The summed E-state index contributed by atoms with van der Waals surface area (Å²) in [5.74, 6) is -1.00. The summed E-state index contributed by atoms with van der Waals surface area (Å²) in [7, 11) is 2.58. The van der Waals surface area contributed by atoms with E-state index in [0.29, 0.717) is 6.42 Å². The molecule has 124 valence electrons. The zero-order valence-corrected chi connectivity index (χ0v) is 13.4. The van der Waals surface area contributed by atoms with Crippen LogP contribution in [0.1, 0.15) is 16.1 Å². The van der Waals surface area contributed by atoms with Gasteiger partial charge < -0.3 is 15.2 Å². The Balaban J connectivity index is 0.00000264. The molecule has 0 bridgehead atoms. The molecule has 0 saturated carbocycles. The van der Waals surface area contributed by atoms with E-state index in [1.165, 1.54) is 25.1 Å². The van der Waals surface area contributed by atoms with Crippen molar-refractivity contribution in [3.8, 4) is 5.69 Å². The molecule has 1 aromatic heterocycles. The van der Waals surface area contributed by atoms with E-state index in [9.17, 15) is 9.59 Å². The van der Waals surface area contributed by atoms with Gasteiger partial charge in [-0.3, -0.25) is 4.79 Å². The summed E-state index contributed by atoms with van der Waals surface area (Å²) in [4.78, 5) is 22.6. The van der Waals surface area contributed by atoms with Crippen LogP contribution in [-0.2, 0) is 20.7 Å². The molecule has 8 nitrogen and oxygen atoms in total. The molecule has 0 radical (unpaired) electrons. The Hall–Kier alpha value is -2.45. The minimum Gasteiger partial charge on any atom is -0.468 e. The third-order valence-electron chi connectivity index (χ3n) is 3.05. The van der Waals surface area contributed by atoms with E-state index in [0.717, 1.165) is 11.3 Å². The van der Waals surface area contributed by atoms with Crippen LogP contribution in [0.15, 0.2) is 30.5 Å². The number of ether oxygens (including phenoxy) is 2. The first-order valence-corrected chi connectivity index (χ1v) is 6.48. The number of methoxy groups -OCH3 is 2. The maximum Gasteiger partial charge on any atom is 0.360 e. The number of carbonyl (C=O) groups excluding carboxylic acids is 2. The van der Waals surface area contributed by atoms with Gasteiger partial charge >= 0.3 is 11.9 Å². The Bertz CT molecular complexity index is 672. The van der Waals surface area contributed by atoms with Gasteiger partial charge in [-0.15, -0.1) is 17.5 Å². The lowest BCUT2D eigenvalue weighted by molar-refractivity contribution is -0.142. The van der Waals surface area contributed by atoms with Gasteiger partial charge in [-0.2, -0.15) is 0 Å². The summed E-state index contributed by atoms with van der Waals surface area (Å²) in [6.07, 6.45) is 1.85. The fourth-order valence-electron chi connectivity index (χ4n) is 1.86. The van der Waals surface area contributed by atoms with Crippen molar-refractivity contribution in [3.05, 3.63) is 41.7 Å². The molecule has 0 saturated heterocycles. The maximum atomic E-state index is 11.3. The van der Waals surface area contributed by atoms with Crippen molar-refractivity contribution >= 4 is 24.3 Å². The lowest BCUT2D eigenvalue weighted by Crippen LogP contribution is -2.33. The highest BCUT2D eigenvalue weighted by molar-refractivity contribution is 5.86. The molecule has 0 aliphatic carbocycles. The first-order chi connectivity index (χ1) is 10.5. The molecule has 1 atom stereocenters. The van der Waals surface area contributed by atoms with Gasteiger partial charge in [-0.25, -0.2) is 9.48 Å². The van der Waals surface area contributed by atoms with E-state index >= 15 is 0 Å². The van der Waals surface area contributed by atoms with Gasteiger partial charge in [0.25, 0.3) is 0 Å². The second-order valence-corrected chi connectivity index (χ2v) is 4.54. The van der Waals surface area contributed by atoms with Crippen molar-refractivity contribution in [3.63, 3.8) is 0 Å². The van der Waals surface area contributed by atoms with Crippen LogP contribution in [-0.4, -0.2) is 47.2 Å². The van der Waals surface area contributed by atoms with Crippen LogP contribution in [0.25, 0.3) is 5.69 Å². The third kappa shape index (κ3) is 4.51. The molecule has 2 aromatic rings. The van der Waals surface area contributed by atoms with Gasteiger partial charge in [-0.1, -0.05) is 17.3 Å². The molecule has 1 unspecified atom stereocenters. The summed E-state index contributed by atoms with van der Waals surface area (Å²) in [6, 6.07) is 6.51. The second-order valence-electron chi connectivity index (χ2n) is 4.54. The molecule has 1 aromatic carbocycles. The van der Waals surface area contributed by atoms with Crippen LogP contribution in [0.4, 0.5) is 0 Å². The van der Waals surface area contributed by atoms with Gasteiger partial charge in [0.1, 0.15) is 6.04 Å². The Kier molecular flexibility index (Phi) is 6.67. The number of nitrogens with zero attached hydrogens (tertiary/aromatic N) is 3. The van der Waals surface area contributed by atoms with Crippen molar-refractivity contribution in [2.75, 3.05) is 14.2 Å². The smallest absolute Gasteiger partial charge is 0.360 e. The molecule has 9 heteroatoms. The molecule has 2 N–H and O–H groups in total. The highest BCUT2D eigenvalue weighted by atomic mass is 35.5. The van der Waals surface area contributed by atoms with Crippen molar-refractivity contribution in [1.29, 1.82) is 0 Å². The average Bonchev–Trinajstić information content (AvgIpc) is 3.03. The molecule has 0 aliphatic heterocycles. The highest BCUT2D eigenvalue weighted by Gasteiger charge is 2.15. The van der Waals surface area contributed by atoms with Crippen molar-refractivity contribution in [2.45, 2.75) is 12.5 Å². The topological polar surface area (TPSA) is 109 Å². The zero-order chi connectivity index (χ0) is 16.1. The van der Waals surface area contributed by atoms with Gasteiger partial charge in [0, 0.05) is 0 Å². The Labute approximate surface area is 139 Å². The van der Waals surface area contributed by atoms with Crippen LogP contribution in [0.5, 0.6) is 0 Å². The summed E-state index contributed by atoms with van der Waals surface area (Å²) in [6.45, 7) is 0. The molecule has 0 amide bonds. The van der Waals surface area contributed by atoms with Crippen molar-refractivity contribution in [1.82, 2.24) is 15.0 Å². The summed E-state index contributed by atoms with van der Waals surface area (Å²) in [5, 5.41) is 7.58. The summed E-state index contributed by atoms with van der Waals surface area (Å²) >= 11 is 0. The number of hydrogen-bond acceptors (Lipinski definition) is 7. The van der Waals surface area contributed by atoms with Gasteiger partial charge in [0.15, 0.2) is 5.69 Å². The monoisotopic (exact) mass is 340 g/mol. The first-order valence-electron chi connectivity index (χ1n) is 6.48. The van der Waals surface area contributed by atoms with E-state index in [-0.39, 0.29) is 18.1 Å².